The predicted octanol–water partition coefficient (Wildman–Crippen LogP) is 3.64. The highest BCUT2D eigenvalue weighted by molar-refractivity contribution is 5.88. The molecule has 3 aromatic rings. The summed E-state index contributed by atoms with van der Waals surface area (Å²) in [6, 6.07) is 18.5. The second-order valence-corrected chi connectivity index (χ2v) is 4.97. The van der Waals surface area contributed by atoms with E-state index in [2.05, 4.69) is 42.4 Å². The van der Waals surface area contributed by atoms with Crippen molar-refractivity contribution in [1.82, 2.24) is 9.78 Å². The lowest BCUT2D eigenvalue weighted by atomic mass is 10.00. The number of aryl methyl sites for hydroxylation is 2. The first-order chi connectivity index (χ1) is 9.66. The number of aromatic nitrogens is 2. The maximum atomic E-state index is 6.21. The highest BCUT2D eigenvalue weighted by Gasteiger charge is 2.16. The van der Waals surface area contributed by atoms with E-state index in [1.165, 1.54) is 5.56 Å². The Bertz CT molecular complexity index is 742. The Balaban J connectivity index is 2.25. The van der Waals surface area contributed by atoms with Gasteiger partial charge >= 0.3 is 0 Å². The molecule has 0 unspecified atom stereocenters. The van der Waals surface area contributed by atoms with E-state index in [1.807, 2.05) is 31.3 Å². The molecule has 1 aromatic heterocycles. The smallest absolute Gasteiger partial charge is 0.129 e. The van der Waals surface area contributed by atoms with Crippen LogP contribution in [0.3, 0.4) is 0 Å². The van der Waals surface area contributed by atoms with Gasteiger partial charge in [0.15, 0.2) is 0 Å². The van der Waals surface area contributed by atoms with E-state index in [0.717, 1.165) is 22.4 Å². The summed E-state index contributed by atoms with van der Waals surface area (Å²) < 4.78 is 1.74. The fraction of sp³-hybridized carbons (Fsp3) is 0.118. The van der Waals surface area contributed by atoms with Crippen LogP contribution in [0.4, 0.5) is 5.82 Å². The van der Waals surface area contributed by atoms with Crippen molar-refractivity contribution in [3.63, 3.8) is 0 Å². The van der Waals surface area contributed by atoms with Crippen molar-refractivity contribution >= 4 is 5.82 Å². The van der Waals surface area contributed by atoms with Gasteiger partial charge in [-0.2, -0.15) is 5.10 Å². The van der Waals surface area contributed by atoms with Crippen LogP contribution in [-0.4, -0.2) is 9.78 Å². The van der Waals surface area contributed by atoms with Crippen LogP contribution < -0.4 is 5.73 Å². The normalized spacial score (nSPS) is 10.7. The van der Waals surface area contributed by atoms with Gasteiger partial charge in [-0.25, -0.2) is 0 Å². The molecule has 0 fully saturated rings. The van der Waals surface area contributed by atoms with Gasteiger partial charge in [0.25, 0.3) is 0 Å². The van der Waals surface area contributed by atoms with Gasteiger partial charge in [0, 0.05) is 12.6 Å². The topological polar surface area (TPSA) is 43.8 Å². The van der Waals surface area contributed by atoms with Crippen LogP contribution in [0.5, 0.6) is 0 Å². The Morgan fingerprint density at radius 1 is 0.950 bits per heavy atom. The van der Waals surface area contributed by atoms with E-state index in [1.54, 1.807) is 4.68 Å². The maximum absolute atomic E-state index is 6.21. The lowest BCUT2D eigenvalue weighted by molar-refractivity contribution is 0.782. The SMILES string of the molecule is Cc1cccc(-c2nn(C)c(N)c2-c2ccccc2)c1. The van der Waals surface area contributed by atoms with Gasteiger partial charge in [-0.1, -0.05) is 54.1 Å². The van der Waals surface area contributed by atoms with Gasteiger partial charge < -0.3 is 5.73 Å². The second-order valence-electron chi connectivity index (χ2n) is 4.97. The van der Waals surface area contributed by atoms with Crippen molar-refractivity contribution in [3.8, 4) is 22.4 Å². The molecular weight excluding hydrogens is 246 g/mol. The van der Waals surface area contributed by atoms with Gasteiger partial charge in [0.1, 0.15) is 11.5 Å². The quantitative estimate of drug-likeness (QED) is 0.767. The average Bonchev–Trinajstić information content (AvgIpc) is 2.76. The van der Waals surface area contributed by atoms with E-state index < -0.39 is 0 Å². The molecule has 20 heavy (non-hydrogen) atoms. The molecule has 0 bridgehead atoms. The van der Waals surface area contributed by atoms with Crippen LogP contribution in [0.15, 0.2) is 54.6 Å². The molecule has 3 rings (SSSR count). The Morgan fingerprint density at radius 3 is 2.35 bits per heavy atom. The number of hydrogen-bond acceptors (Lipinski definition) is 2. The maximum Gasteiger partial charge on any atom is 0.129 e. The Labute approximate surface area is 118 Å². The molecule has 3 heteroatoms. The molecule has 2 aromatic carbocycles. The van der Waals surface area contributed by atoms with Gasteiger partial charge in [0.2, 0.25) is 0 Å². The Kier molecular flexibility index (Phi) is 3.03. The molecule has 0 aliphatic heterocycles. The third-order valence-corrected chi connectivity index (χ3v) is 3.45. The van der Waals surface area contributed by atoms with E-state index in [4.69, 9.17) is 5.73 Å². The monoisotopic (exact) mass is 263 g/mol. The number of rotatable bonds is 2. The lowest BCUT2D eigenvalue weighted by Gasteiger charge is -2.05. The fourth-order valence-electron chi connectivity index (χ4n) is 2.42. The van der Waals surface area contributed by atoms with Crippen molar-refractivity contribution < 1.29 is 0 Å². The molecule has 0 aliphatic carbocycles. The molecule has 0 saturated heterocycles. The summed E-state index contributed by atoms with van der Waals surface area (Å²) in [5, 5.41) is 4.59. The van der Waals surface area contributed by atoms with Gasteiger partial charge in [-0.15, -0.1) is 0 Å². The number of nitrogen functional groups attached to an aromatic ring is 1. The molecule has 0 aliphatic rings. The van der Waals surface area contributed by atoms with Crippen LogP contribution in [0.1, 0.15) is 5.56 Å². The molecule has 0 radical (unpaired) electrons. The molecule has 0 amide bonds. The molecule has 100 valence electrons. The highest BCUT2D eigenvalue weighted by Crippen LogP contribution is 2.35. The Morgan fingerprint density at radius 2 is 1.65 bits per heavy atom. The van der Waals surface area contributed by atoms with E-state index in [-0.39, 0.29) is 0 Å². The molecular formula is C17H17N3. The summed E-state index contributed by atoms with van der Waals surface area (Å²) >= 11 is 0. The molecule has 3 nitrogen and oxygen atoms in total. The molecule has 1 heterocycles. The standard InChI is InChI=1S/C17H17N3/c1-12-7-6-10-14(11-12)16-15(17(18)20(2)19-16)13-8-4-3-5-9-13/h3-11H,18H2,1-2H3. The number of nitrogens with zero attached hydrogens (tertiary/aromatic N) is 2. The van der Waals surface area contributed by atoms with Crippen LogP contribution in [0, 0.1) is 6.92 Å². The number of anilines is 1. The summed E-state index contributed by atoms with van der Waals surface area (Å²) in [6.45, 7) is 2.08. The number of benzene rings is 2. The highest BCUT2D eigenvalue weighted by atomic mass is 15.3. The number of hydrogen-bond donors (Lipinski definition) is 1. The zero-order chi connectivity index (χ0) is 14.1. The Hall–Kier alpha value is -2.55. The molecule has 0 saturated carbocycles. The zero-order valence-corrected chi connectivity index (χ0v) is 11.7. The van der Waals surface area contributed by atoms with Crippen LogP contribution in [0.25, 0.3) is 22.4 Å². The molecule has 0 atom stereocenters. The largest absolute Gasteiger partial charge is 0.383 e. The summed E-state index contributed by atoms with van der Waals surface area (Å²) in [6.07, 6.45) is 0. The summed E-state index contributed by atoms with van der Waals surface area (Å²) in [4.78, 5) is 0. The minimum Gasteiger partial charge on any atom is -0.383 e. The van der Waals surface area contributed by atoms with E-state index in [0.29, 0.717) is 5.82 Å². The first-order valence-corrected chi connectivity index (χ1v) is 6.62. The first kappa shape index (κ1) is 12.5. The van der Waals surface area contributed by atoms with Crippen molar-refractivity contribution in [1.29, 1.82) is 0 Å². The minimum atomic E-state index is 0.688. The molecule has 0 spiro atoms. The average molecular weight is 263 g/mol. The van der Waals surface area contributed by atoms with Crippen molar-refractivity contribution in [3.05, 3.63) is 60.2 Å². The second kappa shape index (κ2) is 4.85. The third kappa shape index (κ3) is 2.07. The van der Waals surface area contributed by atoms with E-state index in [9.17, 15) is 0 Å². The van der Waals surface area contributed by atoms with Gasteiger partial charge in [-0.05, 0) is 18.6 Å². The lowest BCUT2D eigenvalue weighted by Crippen LogP contribution is -1.97. The first-order valence-electron chi connectivity index (χ1n) is 6.62. The van der Waals surface area contributed by atoms with Crippen LogP contribution in [0.2, 0.25) is 0 Å². The van der Waals surface area contributed by atoms with Gasteiger partial charge in [0.05, 0.1) is 5.56 Å². The molecule has 2 N–H and O–H groups in total. The van der Waals surface area contributed by atoms with Crippen molar-refractivity contribution in [2.45, 2.75) is 6.92 Å². The zero-order valence-electron chi connectivity index (χ0n) is 11.7. The van der Waals surface area contributed by atoms with Crippen LogP contribution >= 0.6 is 0 Å². The predicted molar refractivity (Wildman–Crippen MR) is 83.2 cm³/mol. The van der Waals surface area contributed by atoms with E-state index >= 15 is 0 Å². The van der Waals surface area contributed by atoms with Crippen molar-refractivity contribution in [2.75, 3.05) is 5.73 Å². The summed E-state index contributed by atoms with van der Waals surface area (Å²) in [5.41, 5.74) is 11.5. The number of nitrogens with two attached hydrogens (primary N) is 1. The third-order valence-electron chi connectivity index (χ3n) is 3.45. The minimum absolute atomic E-state index is 0.688. The fourth-order valence-corrected chi connectivity index (χ4v) is 2.42. The van der Waals surface area contributed by atoms with Crippen molar-refractivity contribution in [2.24, 2.45) is 7.05 Å². The summed E-state index contributed by atoms with van der Waals surface area (Å²) in [5.74, 6) is 0.688. The van der Waals surface area contributed by atoms with Crippen LogP contribution in [-0.2, 0) is 7.05 Å². The van der Waals surface area contributed by atoms with Gasteiger partial charge in [-0.3, -0.25) is 4.68 Å². The summed E-state index contributed by atoms with van der Waals surface area (Å²) in [7, 11) is 1.88.